The summed E-state index contributed by atoms with van der Waals surface area (Å²) in [5.41, 5.74) is 0. The van der Waals surface area contributed by atoms with Crippen LogP contribution in [0, 0.1) is 0 Å². The Kier molecular flexibility index (Phi) is 40.4. The number of unbranched alkanes of at least 4 members (excludes halogenated alkanes) is 27. The number of allylic oxidation sites excluding steroid dienone is 7. The third-order valence-electron chi connectivity index (χ3n) is 12.1. The molecule has 1 rings (SSSR count). The number of aliphatic hydroxyl groups excluding tert-OH is 5. The maximum absolute atomic E-state index is 13.0. The molecule has 1 amide bonds. The van der Waals surface area contributed by atoms with E-state index >= 15 is 0 Å². The molecular weight excluding hydrogens is 779 g/mol. The Morgan fingerprint density at radius 3 is 1.44 bits per heavy atom. The van der Waals surface area contributed by atoms with Crippen molar-refractivity contribution in [2.45, 2.75) is 269 Å². The number of amides is 1. The van der Waals surface area contributed by atoms with Gasteiger partial charge in [0.1, 0.15) is 24.4 Å². The van der Waals surface area contributed by atoms with E-state index in [-0.39, 0.29) is 12.5 Å². The molecule has 9 nitrogen and oxygen atoms in total. The van der Waals surface area contributed by atoms with Gasteiger partial charge in [0.15, 0.2) is 6.29 Å². The highest BCUT2D eigenvalue weighted by Crippen LogP contribution is 2.23. The lowest BCUT2D eigenvalue weighted by molar-refractivity contribution is -0.302. The molecule has 0 saturated carbocycles. The van der Waals surface area contributed by atoms with Gasteiger partial charge in [-0.1, -0.05) is 204 Å². The normalized spacial score (nSPS) is 20.7. The van der Waals surface area contributed by atoms with Crippen LogP contribution in [0.5, 0.6) is 0 Å². The summed E-state index contributed by atoms with van der Waals surface area (Å²) in [6.07, 6.45) is 49.2. The van der Waals surface area contributed by atoms with Crippen molar-refractivity contribution in [3.05, 3.63) is 48.6 Å². The van der Waals surface area contributed by atoms with Crippen LogP contribution in [0.15, 0.2) is 48.6 Å². The highest BCUT2D eigenvalue weighted by atomic mass is 16.7. The molecule has 1 saturated heterocycles. The number of carbonyl (C=O) groups is 1. The van der Waals surface area contributed by atoms with Crippen LogP contribution in [0.2, 0.25) is 0 Å². The van der Waals surface area contributed by atoms with Crippen LogP contribution in [0.25, 0.3) is 0 Å². The van der Waals surface area contributed by atoms with Gasteiger partial charge in [0, 0.05) is 6.42 Å². The van der Waals surface area contributed by atoms with E-state index in [0.717, 1.165) is 51.4 Å². The molecule has 7 atom stereocenters. The van der Waals surface area contributed by atoms with Crippen LogP contribution in [0.3, 0.4) is 0 Å². The largest absolute Gasteiger partial charge is 0.394 e. The van der Waals surface area contributed by atoms with E-state index in [1.165, 1.54) is 154 Å². The minimum absolute atomic E-state index is 0.192. The SMILES string of the molecule is CC/C=C/CC/C=C/CC/C=C/C(O)C(COC1OC(CO)C(O)C(O)C1O)NC(=O)CCCCCCCCCCCCCCCCCCC/C=C\CCCCCCCCCC. The number of hydrogen-bond acceptors (Lipinski definition) is 8. The maximum Gasteiger partial charge on any atom is 0.220 e. The molecule has 0 aliphatic carbocycles. The van der Waals surface area contributed by atoms with Crippen molar-refractivity contribution in [3.63, 3.8) is 0 Å². The highest BCUT2D eigenvalue weighted by Gasteiger charge is 2.44. The molecule has 1 aliphatic rings. The lowest BCUT2D eigenvalue weighted by Crippen LogP contribution is -2.60. The van der Waals surface area contributed by atoms with Gasteiger partial charge >= 0.3 is 0 Å². The Labute approximate surface area is 380 Å². The van der Waals surface area contributed by atoms with Crippen LogP contribution in [-0.2, 0) is 14.3 Å². The van der Waals surface area contributed by atoms with Crippen molar-refractivity contribution in [1.29, 1.82) is 0 Å². The number of nitrogens with one attached hydrogen (secondary N) is 1. The third-order valence-corrected chi connectivity index (χ3v) is 12.1. The number of rotatable bonds is 43. The van der Waals surface area contributed by atoms with Crippen LogP contribution < -0.4 is 5.32 Å². The van der Waals surface area contributed by atoms with Crippen molar-refractivity contribution in [2.75, 3.05) is 13.2 Å². The van der Waals surface area contributed by atoms with Gasteiger partial charge in [0.2, 0.25) is 5.91 Å². The Morgan fingerprint density at radius 1 is 0.548 bits per heavy atom. The van der Waals surface area contributed by atoms with Crippen molar-refractivity contribution in [1.82, 2.24) is 5.32 Å². The fourth-order valence-electron chi connectivity index (χ4n) is 8.01. The molecular formula is C53H97NO8. The van der Waals surface area contributed by atoms with E-state index in [1.54, 1.807) is 6.08 Å². The molecule has 0 aromatic rings. The molecule has 1 aliphatic heterocycles. The lowest BCUT2D eigenvalue weighted by atomic mass is 9.99. The van der Waals surface area contributed by atoms with E-state index in [0.29, 0.717) is 6.42 Å². The molecule has 7 unspecified atom stereocenters. The molecule has 6 N–H and O–H groups in total. The van der Waals surface area contributed by atoms with Crippen molar-refractivity contribution < 1.29 is 39.8 Å². The van der Waals surface area contributed by atoms with E-state index in [1.807, 2.05) is 6.08 Å². The molecule has 1 heterocycles. The molecule has 1 fully saturated rings. The Hall–Kier alpha value is -1.85. The van der Waals surface area contributed by atoms with Crippen LogP contribution >= 0.6 is 0 Å². The summed E-state index contributed by atoms with van der Waals surface area (Å²) in [7, 11) is 0. The zero-order valence-corrected chi connectivity index (χ0v) is 39.9. The average molecular weight is 876 g/mol. The Bertz CT molecular complexity index is 1110. The van der Waals surface area contributed by atoms with Gasteiger partial charge in [-0.25, -0.2) is 0 Å². The molecule has 0 spiro atoms. The predicted octanol–water partition coefficient (Wildman–Crippen LogP) is 11.8. The topological polar surface area (TPSA) is 149 Å². The summed E-state index contributed by atoms with van der Waals surface area (Å²) >= 11 is 0. The van der Waals surface area contributed by atoms with E-state index in [2.05, 4.69) is 55.6 Å². The molecule has 0 radical (unpaired) electrons. The zero-order valence-electron chi connectivity index (χ0n) is 39.9. The highest BCUT2D eigenvalue weighted by molar-refractivity contribution is 5.76. The Balaban J connectivity index is 2.14. The number of carbonyl (C=O) groups excluding carboxylic acids is 1. The maximum atomic E-state index is 13.0. The van der Waals surface area contributed by atoms with E-state index in [4.69, 9.17) is 9.47 Å². The second kappa shape index (κ2) is 43.1. The van der Waals surface area contributed by atoms with E-state index < -0.39 is 49.5 Å². The van der Waals surface area contributed by atoms with Crippen LogP contribution in [-0.4, -0.2) is 87.5 Å². The minimum Gasteiger partial charge on any atom is -0.394 e. The first-order chi connectivity index (χ1) is 30.3. The first-order valence-corrected chi connectivity index (χ1v) is 25.9. The predicted molar refractivity (Wildman–Crippen MR) is 258 cm³/mol. The van der Waals surface area contributed by atoms with Crippen molar-refractivity contribution in [2.24, 2.45) is 0 Å². The fraction of sp³-hybridized carbons (Fsp3) is 0.830. The number of ether oxygens (including phenoxy) is 2. The van der Waals surface area contributed by atoms with Gasteiger partial charge in [-0.3, -0.25) is 4.79 Å². The monoisotopic (exact) mass is 876 g/mol. The molecule has 0 bridgehead atoms. The molecule has 0 aromatic carbocycles. The van der Waals surface area contributed by atoms with Crippen LogP contribution in [0.1, 0.15) is 226 Å². The quantitative estimate of drug-likeness (QED) is 0.0262. The molecule has 0 aromatic heterocycles. The summed E-state index contributed by atoms with van der Waals surface area (Å²) in [4.78, 5) is 13.0. The van der Waals surface area contributed by atoms with Crippen molar-refractivity contribution in [3.8, 4) is 0 Å². The second-order valence-electron chi connectivity index (χ2n) is 17.9. The summed E-state index contributed by atoms with van der Waals surface area (Å²) in [5.74, 6) is -0.192. The first kappa shape index (κ1) is 58.2. The summed E-state index contributed by atoms with van der Waals surface area (Å²) in [5, 5.41) is 54.1. The standard InChI is InChI=1S/C53H97NO8/c1-3-5-7-9-11-13-15-16-17-18-19-20-21-22-23-24-25-26-27-28-29-30-31-32-33-35-37-39-41-43-49(57)54-46(45-61-53-52(60)51(59)50(58)48(44-55)62-53)47(56)42-40-38-36-34-14-12-10-8-6-4-2/h6,8,14,18-19,34,40,42,46-48,50-53,55-56,58-60H,3-5,7,9-13,15-17,20-33,35-39,41,43-45H2,1-2H3,(H,54,57)/b8-6+,19-18-,34-14+,42-40+. The van der Waals surface area contributed by atoms with Crippen LogP contribution in [0.4, 0.5) is 0 Å². The van der Waals surface area contributed by atoms with Gasteiger partial charge in [-0.05, 0) is 64.2 Å². The lowest BCUT2D eigenvalue weighted by Gasteiger charge is -2.40. The van der Waals surface area contributed by atoms with Gasteiger partial charge in [0.05, 0.1) is 25.4 Å². The van der Waals surface area contributed by atoms with Gasteiger partial charge < -0.3 is 40.3 Å². The second-order valence-corrected chi connectivity index (χ2v) is 17.9. The van der Waals surface area contributed by atoms with Crippen molar-refractivity contribution >= 4 is 5.91 Å². The fourth-order valence-corrected chi connectivity index (χ4v) is 8.01. The van der Waals surface area contributed by atoms with Gasteiger partial charge in [-0.2, -0.15) is 0 Å². The number of aliphatic hydroxyl groups is 5. The summed E-state index contributed by atoms with van der Waals surface area (Å²) in [6.45, 7) is 3.63. The number of hydrogen-bond donors (Lipinski definition) is 6. The van der Waals surface area contributed by atoms with E-state index in [9.17, 15) is 30.3 Å². The van der Waals surface area contributed by atoms with Gasteiger partial charge in [0.25, 0.3) is 0 Å². The summed E-state index contributed by atoms with van der Waals surface area (Å²) in [6, 6.07) is -0.825. The average Bonchev–Trinajstić information content (AvgIpc) is 3.27. The van der Waals surface area contributed by atoms with Gasteiger partial charge in [-0.15, -0.1) is 0 Å². The third kappa shape index (κ3) is 32.8. The molecule has 9 heteroatoms. The Morgan fingerprint density at radius 2 is 0.968 bits per heavy atom. The first-order valence-electron chi connectivity index (χ1n) is 25.9. The smallest absolute Gasteiger partial charge is 0.220 e. The zero-order chi connectivity index (χ0) is 45.1. The molecule has 362 valence electrons. The summed E-state index contributed by atoms with van der Waals surface area (Å²) < 4.78 is 11.2. The molecule has 62 heavy (non-hydrogen) atoms. The minimum atomic E-state index is -1.57.